The van der Waals surface area contributed by atoms with E-state index in [-0.39, 0.29) is 22.4 Å². The van der Waals surface area contributed by atoms with Crippen LogP contribution in [0.25, 0.3) is 11.2 Å². The summed E-state index contributed by atoms with van der Waals surface area (Å²) in [5, 5.41) is 19.3. The molecular formula is C25H30N4O5. The van der Waals surface area contributed by atoms with E-state index in [1.165, 1.54) is 4.57 Å². The van der Waals surface area contributed by atoms with E-state index < -0.39 is 11.4 Å². The maximum absolute atomic E-state index is 13.3. The van der Waals surface area contributed by atoms with Gasteiger partial charge < -0.3 is 15.2 Å². The number of rotatable bonds is 7. The zero-order chi connectivity index (χ0) is 24.1. The molecule has 9 heteroatoms. The van der Waals surface area contributed by atoms with Crippen molar-refractivity contribution in [3.05, 3.63) is 56.5 Å². The summed E-state index contributed by atoms with van der Waals surface area (Å²) >= 11 is 0. The first-order chi connectivity index (χ1) is 16.3. The molecule has 3 aromatic rings. The molecule has 0 atom stereocenters. The monoisotopic (exact) mass is 466 g/mol. The SMILES string of the molecule is CCCn1c(=O)c2[nH]c(C34CCC(C(=O)O)(CC3)CC4)nc2n(CCc2ccc(O)cc2)c1=O. The number of phenols is 1. The van der Waals surface area contributed by atoms with Crippen molar-refractivity contribution in [3.8, 4) is 5.75 Å². The molecule has 3 N–H and O–H groups in total. The van der Waals surface area contributed by atoms with Gasteiger partial charge in [0.1, 0.15) is 17.1 Å². The summed E-state index contributed by atoms with van der Waals surface area (Å²) < 4.78 is 2.85. The van der Waals surface area contributed by atoms with Gasteiger partial charge in [-0.3, -0.25) is 18.7 Å². The minimum Gasteiger partial charge on any atom is -0.508 e. The third-order valence-corrected chi connectivity index (χ3v) is 8.07. The lowest BCUT2D eigenvalue weighted by Crippen LogP contribution is -2.48. The fourth-order valence-corrected chi connectivity index (χ4v) is 5.81. The molecule has 180 valence electrons. The second-order valence-electron chi connectivity index (χ2n) is 9.96. The van der Waals surface area contributed by atoms with Crippen molar-refractivity contribution in [3.63, 3.8) is 0 Å². The largest absolute Gasteiger partial charge is 0.508 e. The fraction of sp³-hybridized carbons (Fsp3) is 0.520. The number of nitrogens with one attached hydrogen (secondary N) is 1. The second-order valence-corrected chi connectivity index (χ2v) is 9.96. The van der Waals surface area contributed by atoms with E-state index in [0.717, 1.165) is 5.56 Å². The Hall–Kier alpha value is -3.36. The highest BCUT2D eigenvalue weighted by Gasteiger charge is 2.54. The minimum absolute atomic E-state index is 0.183. The molecule has 9 nitrogen and oxygen atoms in total. The number of phenolic OH excluding ortho intramolecular Hbond substituents is 1. The van der Waals surface area contributed by atoms with Gasteiger partial charge in [-0.1, -0.05) is 19.1 Å². The van der Waals surface area contributed by atoms with Gasteiger partial charge in [0.25, 0.3) is 5.56 Å². The Labute approximate surface area is 196 Å². The van der Waals surface area contributed by atoms with Crippen LogP contribution in [0.1, 0.15) is 63.3 Å². The highest BCUT2D eigenvalue weighted by Crippen LogP contribution is 2.57. The first-order valence-corrected chi connectivity index (χ1v) is 12.0. The second kappa shape index (κ2) is 8.14. The molecule has 0 saturated heterocycles. The number of aromatic hydroxyl groups is 1. The summed E-state index contributed by atoms with van der Waals surface area (Å²) in [6, 6.07) is 6.85. The summed E-state index contributed by atoms with van der Waals surface area (Å²) in [5.74, 6) is 0.170. The summed E-state index contributed by atoms with van der Waals surface area (Å²) in [4.78, 5) is 46.4. The molecule has 1 aromatic carbocycles. The Bertz CT molecular complexity index is 1340. The number of imidazole rings is 1. The standard InChI is InChI=1S/C25H30N4O5/c1-2-14-29-20(31)18-19(28(23(29)34)15-7-16-3-5-17(30)6-4-16)27-21(26-18)24-8-11-25(12-9-24,13-10-24)22(32)33/h3-6,30H,2,7-15H2,1H3,(H,26,27)(H,32,33). The highest BCUT2D eigenvalue weighted by molar-refractivity contribution is 5.75. The van der Waals surface area contributed by atoms with Crippen molar-refractivity contribution < 1.29 is 15.0 Å². The number of benzene rings is 1. The van der Waals surface area contributed by atoms with Gasteiger partial charge in [-0.25, -0.2) is 9.78 Å². The van der Waals surface area contributed by atoms with Crippen LogP contribution in [0.5, 0.6) is 5.75 Å². The maximum atomic E-state index is 13.3. The van der Waals surface area contributed by atoms with Crippen molar-refractivity contribution >= 4 is 17.1 Å². The molecule has 0 amide bonds. The molecule has 0 spiro atoms. The van der Waals surface area contributed by atoms with Gasteiger partial charge in [0.2, 0.25) is 0 Å². The molecule has 6 rings (SSSR count). The third-order valence-electron chi connectivity index (χ3n) is 8.07. The summed E-state index contributed by atoms with van der Waals surface area (Å²) in [6.07, 6.45) is 5.14. The highest BCUT2D eigenvalue weighted by atomic mass is 16.4. The van der Waals surface area contributed by atoms with Crippen LogP contribution in [0.2, 0.25) is 0 Å². The maximum Gasteiger partial charge on any atom is 0.332 e. The van der Waals surface area contributed by atoms with E-state index in [1.807, 2.05) is 19.1 Å². The van der Waals surface area contributed by atoms with Gasteiger partial charge >= 0.3 is 11.7 Å². The number of carboxylic acid groups (broad SMARTS) is 1. The molecule has 0 unspecified atom stereocenters. The Morgan fingerprint density at radius 2 is 1.68 bits per heavy atom. The van der Waals surface area contributed by atoms with Crippen LogP contribution in [-0.2, 0) is 29.7 Å². The number of aryl methyl sites for hydroxylation is 2. The Morgan fingerprint density at radius 3 is 2.26 bits per heavy atom. The smallest absolute Gasteiger partial charge is 0.332 e. The molecule has 2 aromatic heterocycles. The zero-order valence-corrected chi connectivity index (χ0v) is 19.3. The van der Waals surface area contributed by atoms with Gasteiger partial charge in [0.15, 0.2) is 5.65 Å². The van der Waals surface area contributed by atoms with E-state index in [1.54, 1.807) is 16.7 Å². The summed E-state index contributed by atoms with van der Waals surface area (Å²) in [6.45, 7) is 2.60. The van der Waals surface area contributed by atoms with Crippen LogP contribution >= 0.6 is 0 Å². The molecule has 34 heavy (non-hydrogen) atoms. The van der Waals surface area contributed by atoms with Crippen LogP contribution in [-0.4, -0.2) is 35.3 Å². The van der Waals surface area contributed by atoms with E-state index in [2.05, 4.69) is 4.98 Å². The van der Waals surface area contributed by atoms with Gasteiger partial charge in [-0.2, -0.15) is 0 Å². The zero-order valence-electron chi connectivity index (χ0n) is 19.3. The average Bonchev–Trinajstić information content (AvgIpc) is 3.30. The number of aromatic nitrogens is 4. The number of nitrogens with zero attached hydrogens (tertiary/aromatic N) is 3. The van der Waals surface area contributed by atoms with Crippen LogP contribution in [0.3, 0.4) is 0 Å². The van der Waals surface area contributed by atoms with Crippen molar-refractivity contribution in [1.29, 1.82) is 0 Å². The molecule has 3 fully saturated rings. The molecule has 3 aliphatic rings. The topological polar surface area (TPSA) is 130 Å². The predicted molar refractivity (Wildman–Crippen MR) is 126 cm³/mol. The number of H-pyrrole nitrogens is 1. The molecule has 3 aliphatic carbocycles. The summed E-state index contributed by atoms with van der Waals surface area (Å²) in [5.41, 5.74) is 0.0272. The number of carbonyl (C=O) groups is 1. The summed E-state index contributed by atoms with van der Waals surface area (Å²) in [7, 11) is 0. The Kier molecular flexibility index (Phi) is 5.37. The van der Waals surface area contributed by atoms with E-state index in [0.29, 0.717) is 81.4 Å². The van der Waals surface area contributed by atoms with Crippen molar-refractivity contribution in [2.45, 2.75) is 76.8 Å². The van der Waals surface area contributed by atoms with E-state index >= 15 is 0 Å². The number of hydrogen-bond donors (Lipinski definition) is 3. The van der Waals surface area contributed by atoms with Gasteiger partial charge in [-0.05, 0) is 69.1 Å². The van der Waals surface area contributed by atoms with E-state index in [9.17, 15) is 24.6 Å². The van der Waals surface area contributed by atoms with Crippen LogP contribution in [0, 0.1) is 5.41 Å². The lowest BCUT2D eigenvalue weighted by Gasteiger charge is -2.50. The lowest BCUT2D eigenvalue weighted by molar-refractivity contribution is -0.156. The van der Waals surface area contributed by atoms with Crippen molar-refractivity contribution in [1.82, 2.24) is 19.1 Å². The third kappa shape index (κ3) is 3.45. The van der Waals surface area contributed by atoms with Crippen LogP contribution in [0.4, 0.5) is 0 Å². The minimum atomic E-state index is -0.712. The first kappa shape index (κ1) is 22.4. The van der Waals surface area contributed by atoms with Crippen molar-refractivity contribution in [2.75, 3.05) is 0 Å². The number of carboxylic acids is 1. The van der Waals surface area contributed by atoms with Gasteiger partial charge in [-0.15, -0.1) is 0 Å². The van der Waals surface area contributed by atoms with Gasteiger partial charge in [0, 0.05) is 18.5 Å². The van der Waals surface area contributed by atoms with Crippen molar-refractivity contribution in [2.24, 2.45) is 5.41 Å². The molecule has 3 saturated carbocycles. The average molecular weight is 467 g/mol. The normalized spacial score (nSPS) is 24.0. The van der Waals surface area contributed by atoms with E-state index in [4.69, 9.17) is 4.98 Å². The molecular weight excluding hydrogens is 436 g/mol. The molecule has 2 bridgehead atoms. The molecule has 0 radical (unpaired) electrons. The van der Waals surface area contributed by atoms with Crippen LogP contribution < -0.4 is 11.2 Å². The number of fused-ring (bicyclic) bond motifs is 4. The number of hydrogen-bond acceptors (Lipinski definition) is 5. The predicted octanol–water partition coefficient (Wildman–Crippen LogP) is 2.92. The Balaban J connectivity index is 1.56. The van der Waals surface area contributed by atoms with Crippen LogP contribution in [0.15, 0.2) is 33.9 Å². The number of aromatic amines is 1. The fourth-order valence-electron chi connectivity index (χ4n) is 5.81. The molecule has 0 aliphatic heterocycles. The Morgan fingerprint density at radius 1 is 1.03 bits per heavy atom. The first-order valence-electron chi connectivity index (χ1n) is 12.0. The lowest BCUT2D eigenvalue weighted by atomic mass is 9.53. The number of aliphatic carboxylic acids is 1. The quantitative estimate of drug-likeness (QED) is 0.491. The molecule has 2 heterocycles. The van der Waals surface area contributed by atoms with Gasteiger partial charge in [0.05, 0.1) is 5.41 Å².